The van der Waals surface area contributed by atoms with Crippen LogP contribution < -0.4 is 0 Å². The molecule has 0 atom stereocenters. The second-order valence-corrected chi connectivity index (χ2v) is 13.9. The summed E-state index contributed by atoms with van der Waals surface area (Å²) >= 11 is 0. The van der Waals surface area contributed by atoms with E-state index < -0.39 is 0 Å². The number of benzene rings is 8. The molecule has 0 aliphatic rings. The fourth-order valence-corrected chi connectivity index (χ4v) is 8.84. The molecular formula is C50H29N5. The van der Waals surface area contributed by atoms with Crippen LogP contribution in [-0.2, 0) is 0 Å². The predicted octanol–water partition coefficient (Wildman–Crippen LogP) is 12.4. The van der Waals surface area contributed by atoms with E-state index in [1.54, 1.807) is 0 Å². The molecule has 0 radical (unpaired) electrons. The minimum Gasteiger partial charge on any atom is -0.309 e. The van der Waals surface area contributed by atoms with Crippen molar-refractivity contribution >= 4 is 65.4 Å². The van der Waals surface area contributed by atoms with Crippen LogP contribution in [0.5, 0.6) is 0 Å². The molecule has 5 nitrogen and oxygen atoms in total. The lowest BCUT2D eigenvalue weighted by Crippen LogP contribution is -2.02. The lowest BCUT2D eigenvalue weighted by molar-refractivity contribution is 1.15. The summed E-state index contributed by atoms with van der Waals surface area (Å²) in [5.41, 5.74) is 12.6. The van der Waals surface area contributed by atoms with Gasteiger partial charge in [0, 0.05) is 49.1 Å². The van der Waals surface area contributed by atoms with Gasteiger partial charge in [-0.3, -0.25) is 0 Å². The lowest BCUT2D eigenvalue weighted by Gasteiger charge is -2.19. The summed E-state index contributed by atoms with van der Waals surface area (Å²) in [6, 6.07) is 66.0. The van der Waals surface area contributed by atoms with Crippen LogP contribution in [0.2, 0.25) is 0 Å². The van der Waals surface area contributed by atoms with Crippen molar-refractivity contribution < 1.29 is 0 Å². The number of fused-ring (bicyclic) bond motifs is 9. The molecule has 0 bridgehead atoms. The van der Waals surface area contributed by atoms with Crippen molar-refractivity contribution in [2.75, 3.05) is 0 Å². The Morgan fingerprint density at radius 1 is 0.345 bits per heavy atom. The molecule has 55 heavy (non-hydrogen) atoms. The first-order valence-electron chi connectivity index (χ1n) is 18.3. The number of nitrogens with zero attached hydrogens (tertiary/aromatic N) is 5. The molecule has 0 aliphatic heterocycles. The van der Waals surface area contributed by atoms with E-state index in [-0.39, 0.29) is 0 Å². The Labute approximate surface area is 316 Å². The predicted molar refractivity (Wildman–Crippen MR) is 224 cm³/mol. The van der Waals surface area contributed by atoms with Gasteiger partial charge in [-0.25, -0.2) is 0 Å². The van der Waals surface area contributed by atoms with Crippen LogP contribution in [-0.4, -0.2) is 13.7 Å². The summed E-state index contributed by atoms with van der Waals surface area (Å²) in [5.74, 6) is 0. The topological polar surface area (TPSA) is 62.4 Å². The highest BCUT2D eigenvalue weighted by atomic mass is 15.0. The highest BCUT2D eigenvalue weighted by Crippen LogP contribution is 2.42. The standard InChI is InChI=1S/C50H29N5/c51-30-32-24-26-39(48(28-32)55-46-22-10-5-17-41(46)50-33(31-52)12-11-23-47(50)55)37-15-3-8-20-44(37)54-45-21-9-4-16-38(45)40-27-25-34(29-49(40)54)53-42-18-6-1-13-35(42)36-14-2-7-19-43(36)53/h1-29H. The van der Waals surface area contributed by atoms with Crippen molar-refractivity contribution in [1.82, 2.24) is 13.7 Å². The van der Waals surface area contributed by atoms with E-state index in [0.717, 1.165) is 61.0 Å². The van der Waals surface area contributed by atoms with Crippen molar-refractivity contribution in [3.05, 3.63) is 187 Å². The Morgan fingerprint density at radius 3 is 1.55 bits per heavy atom. The highest BCUT2D eigenvalue weighted by molar-refractivity contribution is 6.14. The van der Waals surface area contributed by atoms with Crippen LogP contribution >= 0.6 is 0 Å². The largest absolute Gasteiger partial charge is 0.309 e. The summed E-state index contributed by atoms with van der Waals surface area (Å²) in [5, 5.41) is 27.1. The third kappa shape index (κ3) is 4.39. The summed E-state index contributed by atoms with van der Waals surface area (Å²) in [6.45, 7) is 0. The minimum atomic E-state index is 0.561. The van der Waals surface area contributed by atoms with E-state index in [9.17, 15) is 10.5 Å². The van der Waals surface area contributed by atoms with Gasteiger partial charge in [0.1, 0.15) is 0 Å². The molecule has 8 aromatic carbocycles. The Kier molecular flexibility index (Phi) is 6.61. The fraction of sp³-hybridized carbons (Fsp3) is 0. The van der Waals surface area contributed by atoms with Crippen molar-refractivity contribution in [3.8, 4) is 40.3 Å². The van der Waals surface area contributed by atoms with E-state index in [1.807, 2.05) is 36.4 Å². The lowest BCUT2D eigenvalue weighted by atomic mass is 9.99. The van der Waals surface area contributed by atoms with Gasteiger partial charge in [-0.05, 0) is 66.7 Å². The van der Waals surface area contributed by atoms with Crippen LogP contribution in [0.1, 0.15) is 11.1 Å². The molecule has 3 heterocycles. The van der Waals surface area contributed by atoms with Gasteiger partial charge in [-0.2, -0.15) is 10.5 Å². The zero-order chi connectivity index (χ0) is 36.6. The van der Waals surface area contributed by atoms with Gasteiger partial charge >= 0.3 is 0 Å². The van der Waals surface area contributed by atoms with E-state index in [4.69, 9.17) is 0 Å². The molecule has 11 rings (SSSR count). The number of hydrogen-bond donors (Lipinski definition) is 0. The van der Waals surface area contributed by atoms with E-state index >= 15 is 0 Å². The SMILES string of the molecule is N#Cc1ccc(-c2ccccc2-n2c3ccccc3c3ccc(-n4c5ccccc5c5ccccc54)cc32)c(-n2c3ccccc3c3c(C#N)cccc32)c1. The van der Waals surface area contributed by atoms with Gasteiger partial charge in [0.05, 0.1) is 67.7 Å². The van der Waals surface area contributed by atoms with Crippen LogP contribution in [0.4, 0.5) is 0 Å². The summed E-state index contributed by atoms with van der Waals surface area (Å²) in [7, 11) is 0. The first-order valence-corrected chi connectivity index (χ1v) is 18.3. The molecule has 3 aromatic heterocycles. The molecule has 0 amide bonds. The molecule has 11 aromatic rings. The minimum absolute atomic E-state index is 0.561. The normalized spacial score (nSPS) is 11.6. The zero-order valence-corrected chi connectivity index (χ0v) is 29.5. The third-order valence-corrected chi connectivity index (χ3v) is 11.1. The van der Waals surface area contributed by atoms with E-state index in [0.29, 0.717) is 11.1 Å². The summed E-state index contributed by atoms with van der Waals surface area (Å²) in [4.78, 5) is 0. The Hall–Kier alpha value is -7.86. The Balaban J connectivity index is 1.22. The van der Waals surface area contributed by atoms with Gasteiger partial charge in [-0.15, -0.1) is 0 Å². The van der Waals surface area contributed by atoms with Gasteiger partial charge in [0.15, 0.2) is 0 Å². The molecule has 0 aliphatic carbocycles. The van der Waals surface area contributed by atoms with E-state index in [2.05, 4.69) is 165 Å². The maximum atomic E-state index is 10.2. The zero-order valence-electron chi connectivity index (χ0n) is 29.5. The summed E-state index contributed by atoms with van der Waals surface area (Å²) < 4.78 is 6.97. The van der Waals surface area contributed by atoms with Crippen molar-refractivity contribution in [2.24, 2.45) is 0 Å². The van der Waals surface area contributed by atoms with Gasteiger partial charge in [0.25, 0.3) is 0 Å². The van der Waals surface area contributed by atoms with Crippen LogP contribution in [0.3, 0.4) is 0 Å². The van der Waals surface area contributed by atoms with Crippen molar-refractivity contribution in [3.63, 3.8) is 0 Å². The number of nitriles is 2. The molecule has 254 valence electrons. The van der Waals surface area contributed by atoms with Gasteiger partial charge in [0.2, 0.25) is 0 Å². The maximum Gasteiger partial charge on any atom is 0.0998 e. The Morgan fingerprint density at radius 2 is 0.873 bits per heavy atom. The van der Waals surface area contributed by atoms with Crippen LogP contribution in [0.25, 0.3) is 93.6 Å². The second-order valence-electron chi connectivity index (χ2n) is 13.9. The fourth-order valence-electron chi connectivity index (χ4n) is 8.84. The number of rotatable bonds is 4. The molecule has 0 fully saturated rings. The molecule has 0 saturated heterocycles. The van der Waals surface area contributed by atoms with Gasteiger partial charge < -0.3 is 13.7 Å². The molecule has 0 unspecified atom stereocenters. The quantitative estimate of drug-likeness (QED) is 0.184. The Bertz CT molecular complexity index is 3420. The first kappa shape index (κ1) is 30.7. The monoisotopic (exact) mass is 699 g/mol. The number of hydrogen-bond acceptors (Lipinski definition) is 2. The molecule has 0 spiro atoms. The van der Waals surface area contributed by atoms with E-state index in [1.165, 1.54) is 32.6 Å². The molecule has 0 saturated carbocycles. The number of aromatic nitrogens is 3. The summed E-state index contributed by atoms with van der Waals surface area (Å²) in [6.07, 6.45) is 0. The number of para-hydroxylation sites is 5. The molecule has 0 N–H and O–H groups in total. The van der Waals surface area contributed by atoms with Crippen LogP contribution in [0.15, 0.2) is 176 Å². The van der Waals surface area contributed by atoms with Crippen molar-refractivity contribution in [1.29, 1.82) is 10.5 Å². The first-order chi connectivity index (χ1) is 27.2. The maximum absolute atomic E-state index is 10.2. The smallest absolute Gasteiger partial charge is 0.0998 e. The highest BCUT2D eigenvalue weighted by Gasteiger charge is 2.22. The average Bonchev–Trinajstić information content (AvgIpc) is 3.89. The third-order valence-electron chi connectivity index (χ3n) is 11.1. The average molecular weight is 700 g/mol. The van der Waals surface area contributed by atoms with Crippen LogP contribution in [0, 0.1) is 22.7 Å². The molecular weight excluding hydrogens is 671 g/mol. The second kappa shape index (κ2) is 11.8. The molecule has 5 heteroatoms. The van der Waals surface area contributed by atoms with Crippen molar-refractivity contribution in [2.45, 2.75) is 0 Å². The van der Waals surface area contributed by atoms with Gasteiger partial charge in [-0.1, -0.05) is 109 Å².